The highest BCUT2D eigenvalue weighted by Gasteiger charge is 2.25. The molecule has 1 nitrogen and oxygen atoms in total. The van der Waals surface area contributed by atoms with E-state index in [0.29, 0.717) is 0 Å². The van der Waals surface area contributed by atoms with E-state index in [1.165, 1.54) is 33.5 Å². The van der Waals surface area contributed by atoms with Crippen LogP contribution in [0.4, 0.5) is 0 Å². The summed E-state index contributed by atoms with van der Waals surface area (Å²) < 4.78 is 1.23. The average molecular weight is 297 g/mol. The molecule has 80 valence electrons. The summed E-state index contributed by atoms with van der Waals surface area (Å²) in [6.45, 7) is 2.12. The Bertz CT molecular complexity index is 290. The van der Waals surface area contributed by atoms with E-state index < -0.39 is 0 Å². The Balaban J connectivity index is 0.000000980. The molecule has 4 heteroatoms. The number of thiophene rings is 1. The summed E-state index contributed by atoms with van der Waals surface area (Å²) in [5, 5.41) is 0. The average Bonchev–Trinajstić information content (AvgIpc) is 2.81. The van der Waals surface area contributed by atoms with Crippen LogP contribution in [0.15, 0.2) is 9.85 Å². The van der Waals surface area contributed by atoms with Crippen molar-refractivity contribution in [2.45, 2.75) is 32.2 Å². The summed E-state index contributed by atoms with van der Waals surface area (Å²) in [5.41, 5.74) is 7.42. The van der Waals surface area contributed by atoms with E-state index >= 15 is 0 Å². The van der Waals surface area contributed by atoms with Crippen LogP contribution in [0.3, 0.4) is 0 Å². The van der Waals surface area contributed by atoms with Crippen molar-refractivity contribution < 1.29 is 0 Å². The molecular weight excluding hydrogens is 282 g/mol. The van der Waals surface area contributed by atoms with Crippen LogP contribution in [0.5, 0.6) is 0 Å². The second kappa shape index (κ2) is 4.97. The molecule has 1 heterocycles. The summed E-state index contributed by atoms with van der Waals surface area (Å²) >= 11 is 5.31. The summed E-state index contributed by atoms with van der Waals surface area (Å²) in [6.07, 6.45) is 3.95. The maximum absolute atomic E-state index is 6.11. The smallest absolute Gasteiger partial charge is 0.0731 e. The lowest BCUT2D eigenvalue weighted by atomic mass is 10.1. The normalized spacial score (nSPS) is 17.6. The van der Waals surface area contributed by atoms with E-state index in [4.69, 9.17) is 5.73 Å². The van der Waals surface area contributed by atoms with Crippen LogP contribution >= 0.6 is 39.7 Å². The fourth-order valence-electron chi connectivity index (χ4n) is 1.50. The van der Waals surface area contributed by atoms with Gasteiger partial charge in [-0.25, -0.2) is 0 Å². The quantitative estimate of drug-likeness (QED) is 0.895. The molecule has 1 aliphatic rings. The van der Waals surface area contributed by atoms with Gasteiger partial charge in [-0.1, -0.05) is 12.8 Å². The van der Waals surface area contributed by atoms with E-state index in [1.54, 1.807) is 11.3 Å². The Morgan fingerprint density at radius 1 is 1.64 bits per heavy atom. The Morgan fingerprint density at radius 3 is 2.71 bits per heavy atom. The maximum Gasteiger partial charge on any atom is 0.0731 e. The van der Waals surface area contributed by atoms with Crippen molar-refractivity contribution in [2.75, 3.05) is 0 Å². The lowest BCUT2D eigenvalue weighted by Crippen LogP contribution is -2.08. The third-order valence-electron chi connectivity index (χ3n) is 2.53. The molecule has 0 aliphatic heterocycles. The summed E-state index contributed by atoms with van der Waals surface area (Å²) in [5.74, 6) is 0.913. The molecule has 1 saturated carbocycles. The van der Waals surface area contributed by atoms with Gasteiger partial charge in [-0.3, -0.25) is 0 Å². The van der Waals surface area contributed by atoms with E-state index in [0.717, 1.165) is 5.92 Å². The fourth-order valence-corrected chi connectivity index (χ4v) is 3.08. The Hall–Kier alpha value is 0.430. The minimum atomic E-state index is 0. The van der Waals surface area contributed by atoms with Gasteiger partial charge in [-0.2, -0.15) is 0 Å². The van der Waals surface area contributed by atoms with Crippen LogP contribution in [-0.2, 0) is 0 Å². The minimum absolute atomic E-state index is 0. The summed E-state index contributed by atoms with van der Waals surface area (Å²) in [4.78, 5) is 1.33. The van der Waals surface area contributed by atoms with Gasteiger partial charge in [-0.05, 0) is 46.8 Å². The van der Waals surface area contributed by atoms with Crippen LogP contribution in [0.2, 0.25) is 0 Å². The fraction of sp³-hybridized carbons (Fsp3) is 0.600. The highest BCUT2D eigenvalue weighted by atomic mass is 79.9. The molecule has 1 atom stereocenters. The molecule has 0 spiro atoms. The van der Waals surface area contributed by atoms with Crippen LogP contribution in [0.1, 0.15) is 35.7 Å². The molecule has 0 radical (unpaired) electrons. The van der Waals surface area contributed by atoms with Gasteiger partial charge in [0.15, 0.2) is 0 Å². The molecule has 0 amide bonds. The van der Waals surface area contributed by atoms with Gasteiger partial charge in [0.2, 0.25) is 0 Å². The van der Waals surface area contributed by atoms with Gasteiger partial charge >= 0.3 is 0 Å². The zero-order valence-electron chi connectivity index (χ0n) is 8.13. The van der Waals surface area contributed by atoms with Crippen molar-refractivity contribution in [3.63, 3.8) is 0 Å². The van der Waals surface area contributed by atoms with E-state index in [1.807, 2.05) is 0 Å². The van der Waals surface area contributed by atoms with E-state index in [2.05, 4.69) is 28.9 Å². The van der Waals surface area contributed by atoms with Crippen molar-refractivity contribution in [3.8, 4) is 0 Å². The molecular formula is C10H15BrClNS. The number of hydrogen-bond acceptors (Lipinski definition) is 2. The SMILES string of the molecule is Cc1cc([C@@H](N)CC2CC2)sc1Br.Cl. The number of aryl methyl sites for hydroxylation is 1. The first-order chi connectivity index (χ1) is 6.16. The summed E-state index contributed by atoms with van der Waals surface area (Å²) in [7, 11) is 0. The molecule has 14 heavy (non-hydrogen) atoms. The topological polar surface area (TPSA) is 26.0 Å². The Morgan fingerprint density at radius 2 is 2.29 bits per heavy atom. The molecule has 1 aliphatic carbocycles. The van der Waals surface area contributed by atoms with Gasteiger partial charge in [0, 0.05) is 10.9 Å². The number of nitrogens with two attached hydrogens (primary N) is 1. The van der Waals surface area contributed by atoms with Crippen LogP contribution in [-0.4, -0.2) is 0 Å². The third-order valence-corrected chi connectivity index (χ3v) is 4.79. The number of hydrogen-bond donors (Lipinski definition) is 1. The molecule has 2 rings (SSSR count). The largest absolute Gasteiger partial charge is 0.323 e. The van der Waals surface area contributed by atoms with Gasteiger partial charge < -0.3 is 5.73 Å². The predicted octanol–water partition coefficient (Wildman–Crippen LogP) is 4.04. The molecule has 0 unspecified atom stereocenters. The van der Waals surface area contributed by atoms with E-state index in [-0.39, 0.29) is 18.4 Å². The first-order valence-corrected chi connectivity index (χ1v) is 6.29. The first kappa shape index (κ1) is 12.5. The third kappa shape index (κ3) is 2.96. The minimum Gasteiger partial charge on any atom is -0.323 e. The standard InChI is InChI=1S/C10H14BrNS.ClH/c1-6-4-9(13-10(6)11)8(12)5-7-2-3-7;/h4,7-8H,2-3,5,12H2,1H3;1H/t8-;/m0./s1. The van der Waals surface area contributed by atoms with Crippen molar-refractivity contribution in [1.82, 2.24) is 0 Å². The van der Waals surface area contributed by atoms with Gasteiger partial charge in [0.25, 0.3) is 0 Å². The monoisotopic (exact) mass is 295 g/mol. The first-order valence-electron chi connectivity index (χ1n) is 4.68. The lowest BCUT2D eigenvalue weighted by molar-refractivity contribution is 0.605. The number of rotatable bonds is 3. The molecule has 1 aromatic heterocycles. The Labute approximate surface area is 104 Å². The number of halogens is 2. The second-order valence-electron chi connectivity index (χ2n) is 3.89. The zero-order valence-corrected chi connectivity index (χ0v) is 11.3. The second-order valence-corrected chi connectivity index (χ2v) is 6.29. The molecule has 0 aromatic carbocycles. The molecule has 1 fully saturated rings. The van der Waals surface area contributed by atoms with Gasteiger partial charge in [0.05, 0.1) is 3.79 Å². The van der Waals surface area contributed by atoms with Crippen molar-refractivity contribution >= 4 is 39.7 Å². The lowest BCUT2D eigenvalue weighted by Gasteiger charge is -2.07. The van der Waals surface area contributed by atoms with E-state index in [9.17, 15) is 0 Å². The van der Waals surface area contributed by atoms with Gasteiger partial charge in [-0.15, -0.1) is 23.7 Å². The Kier molecular flexibility index (Phi) is 4.44. The van der Waals surface area contributed by atoms with Crippen LogP contribution in [0.25, 0.3) is 0 Å². The zero-order chi connectivity index (χ0) is 9.42. The van der Waals surface area contributed by atoms with Crippen molar-refractivity contribution in [1.29, 1.82) is 0 Å². The van der Waals surface area contributed by atoms with Crippen LogP contribution in [0, 0.1) is 12.8 Å². The predicted molar refractivity (Wildman–Crippen MR) is 68.3 cm³/mol. The van der Waals surface area contributed by atoms with Crippen molar-refractivity contribution in [2.24, 2.45) is 11.7 Å². The highest BCUT2D eigenvalue weighted by Crippen LogP contribution is 2.39. The molecule has 2 N–H and O–H groups in total. The summed E-state index contributed by atoms with van der Waals surface area (Å²) in [6, 6.07) is 2.48. The molecule has 1 aromatic rings. The maximum atomic E-state index is 6.11. The van der Waals surface area contributed by atoms with Crippen molar-refractivity contribution in [3.05, 3.63) is 20.3 Å². The molecule has 0 saturated heterocycles. The highest BCUT2D eigenvalue weighted by molar-refractivity contribution is 9.11. The molecule has 0 bridgehead atoms. The van der Waals surface area contributed by atoms with Gasteiger partial charge in [0.1, 0.15) is 0 Å². The van der Waals surface area contributed by atoms with Crippen LogP contribution < -0.4 is 5.73 Å².